The minimum Gasteiger partial charge on any atom is -0.360 e. The minimum absolute atomic E-state index is 0.787. The highest BCUT2D eigenvalue weighted by Crippen LogP contribution is 2.20. The summed E-state index contributed by atoms with van der Waals surface area (Å²) in [4.78, 5) is 7.53. The molecule has 0 spiro atoms. The quantitative estimate of drug-likeness (QED) is 0.762. The van der Waals surface area contributed by atoms with Crippen LogP contribution in [-0.4, -0.2) is 21.6 Å². The number of nitrogens with one attached hydrogen (secondary N) is 2. The van der Waals surface area contributed by atoms with E-state index in [0.29, 0.717) is 0 Å². The van der Waals surface area contributed by atoms with Crippen LogP contribution in [-0.2, 0) is 13.6 Å². The van der Waals surface area contributed by atoms with Gasteiger partial charge in [0.2, 0.25) is 0 Å². The zero-order chi connectivity index (χ0) is 9.97. The van der Waals surface area contributed by atoms with Crippen LogP contribution in [0.4, 0.5) is 0 Å². The van der Waals surface area contributed by atoms with Crippen LogP contribution in [0.15, 0.2) is 24.7 Å². The highest BCUT2D eigenvalue weighted by atomic mass is 15.1. The summed E-state index contributed by atoms with van der Waals surface area (Å²) in [7, 11) is 3.93. The Morgan fingerprint density at radius 1 is 1.57 bits per heavy atom. The Kier molecular flexibility index (Phi) is 2.37. The van der Waals surface area contributed by atoms with Crippen molar-refractivity contribution in [2.24, 2.45) is 7.05 Å². The Balaban J connectivity index is 2.45. The molecule has 14 heavy (non-hydrogen) atoms. The van der Waals surface area contributed by atoms with E-state index in [0.717, 1.165) is 23.6 Å². The van der Waals surface area contributed by atoms with Gasteiger partial charge in [-0.1, -0.05) is 0 Å². The Hall–Kier alpha value is -1.55. The van der Waals surface area contributed by atoms with E-state index >= 15 is 0 Å². The highest BCUT2D eigenvalue weighted by molar-refractivity contribution is 5.58. The molecule has 0 aromatic carbocycles. The fraction of sp³-hybridized carbons (Fsp3) is 0.300. The van der Waals surface area contributed by atoms with Gasteiger partial charge in [-0.15, -0.1) is 0 Å². The van der Waals surface area contributed by atoms with Gasteiger partial charge in [0.1, 0.15) is 0 Å². The predicted molar refractivity (Wildman–Crippen MR) is 55.8 cm³/mol. The second kappa shape index (κ2) is 3.67. The smallest absolute Gasteiger partial charge is 0.0952 e. The lowest BCUT2D eigenvalue weighted by Gasteiger charge is -2.03. The fourth-order valence-corrected chi connectivity index (χ4v) is 1.60. The van der Waals surface area contributed by atoms with E-state index in [-0.39, 0.29) is 0 Å². The molecular weight excluding hydrogens is 176 g/mol. The third kappa shape index (κ3) is 1.44. The molecule has 0 saturated carbocycles. The van der Waals surface area contributed by atoms with Crippen molar-refractivity contribution in [1.29, 1.82) is 0 Å². The van der Waals surface area contributed by atoms with E-state index in [9.17, 15) is 0 Å². The maximum absolute atomic E-state index is 4.34. The second-order valence-corrected chi connectivity index (χ2v) is 3.26. The molecule has 2 aromatic heterocycles. The summed E-state index contributed by atoms with van der Waals surface area (Å²) in [6, 6.07) is 4.04. The summed E-state index contributed by atoms with van der Waals surface area (Å²) in [6.45, 7) is 0.787. The molecule has 0 amide bonds. The highest BCUT2D eigenvalue weighted by Gasteiger charge is 2.10. The van der Waals surface area contributed by atoms with E-state index in [1.807, 2.05) is 37.3 Å². The zero-order valence-corrected chi connectivity index (χ0v) is 8.41. The normalized spacial score (nSPS) is 10.7. The molecule has 0 radical (unpaired) electrons. The van der Waals surface area contributed by atoms with E-state index in [1.54, 1.807) is 0 Å². The molecule has 2 aromatic rings. The van der Waals surface area contributed by atoms with Crippen molar-refractivity contribution in [3.8, 4) is 11.4 Å². The molecule has 0 bridgehead atoms. The molecule has 0 aliphatic heterocycles. The van der Waals surface area contributed by atoms with Gasteiger partial charge in [0.05, 0.1) is 23.4 Å². The fourth-order valence-electron chi connectivity index (χ4n) is 1.60. The van der Waals surface area contributed by atoms with Gasteiger partial charge in [0.25, 0.3) is 0 Å². The summed E-state index contributed by atoms with van der Waals surface area (Å²) in [5.74, 6) is 0. The summed E-state index contributed by atoms with van der Waals surface area (Å²) in [6.07, 6.45) is 3.76. The number of imidazole rings is 1. The number of nitrogens with zero attached hydrogens (tertiary/aromatic N) is 2. The van der Waals surface area contributed by atoms with Crippen LogP contribution in [0.1, 0.15) is 5.69 Å². The summed E-state index contributed by atoms with van der Waals surface area (Å²) < 4.78 is 2.03. The van der Waals surface area contributed by atoms with Crippen LogP contribution < -0.4 is 5.32 Å². The average Bonchev–Trinajstić information content (AvgIpc) is 2.76. The van der Waals surface area contributed by atoms with Crippen molar-refractivity contribution in [3.63, 3.8) is 0 Å². The number of aromatic amines is 1. The average molecular weight is 190 g/mol. The van der Waals surface area contributed by atoms with E-state index in [1.165, 1.54) is 0 Å². The van der Waals surface area contributed by atoms with Gasteiger partial charge >= 0.3 is 0 Å². The van der Waals surface area contributed by atoms with Crippen LogP contribution in [0.25, 0.3) is 11.4 Å². The third-order valence-electron chi connectivity index (χ3n) is 2.21. The molecule has 4 nitrogen and oxygen atoms in total. The third-order valence-corrected chi connectivity index (χ3v) is 2.21. The number of rotatable bonds is 3. The molecule has 0 atom stereocenters. The van der Waals surface area contributed by atoms with Gasteiger partial charge in [-0.05, 0) is 19.2 Å². The number of aryl methyl sites for hydroxylation is 1. The second-order valence-electron chi connectivity index (χ2n) is 3.26. The van der Waals surface area contributed by atoms with Crippen LogP contribution in [0.3, 0.4) is 0 Å². The predicted octanol–water partition coefficient (Wildman–Crippen LogP) is 1.13. The lowest BCUT2D eigenvalue weighted by Crippen LogP contribution is -2.07. The van der Waals surface area contributed by atoms with Crippen LogP contribution >= 0.6 is 0 Å². The van der Waals surface area contributed by atoms with Gasteiger partial charge in [-0.3, -0.25) is 0 Å². The number of hydrogen-bond donors (Lipinski definition) is 2. The number of hydrogen-bond acceptors (Lipinski definition) is 2. The van der Waals surface area contributed by atoms with Crippen molar-refractivity contribution in [3.05, 3.63) is 30.4 Å². The van der Waals surface area contributed by atoms with E-state index in [4.69, 9.17) is 0 Å². The molecule has 2 rings (SSSR count). The summed E-state index contributed by atoms with van der Waals surface area (Å²) >= 11 is 0. The molecule has 0 unspecified atom stereocenters. The van der Waals surface area contributed by atoms with E-state index < -0.39 is 0 Å². The Morgan fingerprint density at radius 2 is 2.43 bits per heavy atom. The van der Waals surface area contributed by atoms with Crippen molar-refractivity contribution in [2.45, 2.75) is 6.54 Å². The Morgan fingerprint density at radius 3 is 3.07 bits per heavy atom. The maximum Gasteiger partial charge on any atom is 0.0952 e. The molecule has 0 aliphatic rings. The minimum atomic E-state index is 0.787. The van der Waals surface area contributed by atoms with Gasteiger partial charge < -0.3 is 14.9 Å². The maximum atomic E-state index is 4.34. The van der Waals surface area contributed by atoms with Crippen molar-refractivity contribution in [2.75, 3.05) is 7.05 Å². The molecule has 2 N–H and O–H groups in total. The Bertz CT molecular complexity index is 400. The van der Waals surface area contributed by atoms with Crippen LogP contribution in [0.5, 0.6) is 0 Å². The van der Waals surface area contributed by atoms with Gasteiger partial charge in [0.15, 0.2) is 0 Å². The molecule has 74 valence electrons. The number of aromatic nitrogens is 3. The lowest BCUT2D eigenvalue weighted by molar-refractivity contribution is 0.797. The monoisotopic (exact) mass is 190 g/mol. The molecule has 2 heterocycles. The lowest BCUT2D eigenvalue weighted by atomic mass is 10.2. The first-order valence-corrected chi connectivity index (χ1v) is 4.61. The van der Waals surface area contributed by atoms with Gasteiger partial charge in [-0.25, -0.2) is 4.98 Å². The summed E-state index contributed by atoms with van der Waals surface area (Å²) in [5, 5.41) is 3.11. The van der Waals surface area contributed by atoms with Crippen molar-refractivity contribution >= 4 is 0 Å². The molecule has 0 fully saturated rings. The molecule has 0 saturated heterocycles. The molecule has 0 aliphatic carbocycles. The summed E-state index contributed by atoms with van der Waals surface area (Å²) in [5.41, 5.74) is 3.32. The largest absolute Gasteiger partial charge is 0.360 e. The zero-order valence-electron chi connectivity index (χ0n) is 8.41. The SMILES string of the molecule is CNCc1ncn(C)c1-c1ccc[nH]1. The first kappa shape index (κ1) is 9.02. The molecular formula is C10H14N4. The van der Waals surface area contributed by atoms with Crippen LogP contribution in [0.2, 0.25) is 0 Å². The van der Waals surface area contributed by atoms with Gasteiger partial charge in [0, 0.05) is 19.8 Å². The van der Waals surface area contributed by atoms with Crippen molar-refractivity contribution in [1.82, 2.24) is 19.9 Å². The van der Waals surface area contributed by atoms with Crippen molar-refractivity contribution < 1.29 is 0 Å². The number of H-pyrrole nitrogens is 1. The van der Waals surface area contributed by atoms with Crippen LogP contribution in [0, 0.1) is 0 Å². The standard InChI is InChI=1S/C10H14N4/c1-11-6-9-10(14(2)7-13-9)8-4-3-5-12-8/h3-5,7,11-12H,6H2,1-2H3. The first-order chi connectivity index (χ1) is 6.83. The molecule has 4 heteroatoms. The van der Waals surface area contributed by atoms with E-state index in [2.05, 4.69) is 21.4 Å². The Labute approximate surface area is 83.0 Å². The topological polar surface area (TPSA) is 45.6 Å². The van der Waals surface area contributed by atoms with Gasteiger partial charge in [-0.2, -0.15) is 0 Å². The first-order valence-electron chi connectivity index (χ1n) is 4.61.